The third-order valence-corrected chi connectivity index (χ3v) is 5.06. The summed E-state index contributed by atoms with van der Waals surface area (Å²) in [6.07, 6.45) is 0. The number of rotatable bonds is 4. The molecular formula is C17H21N3O2S2. The summed E-state index contributed by atoms with van der Waals surface area (Å²) < 4.78 is 22.6. The maximum atomic E-state index is 11.3. The number of primary sulfonamides is 1. The topological polar surface area (TPSA) is 84.2 Å². The van der Waals surface area contributed by atoms with Crippen molar-refractivity contribution in [1.82, 2.24) is 5.32 Å². The molecule has 2 aromatic rings. The number of hydrogen-bond donors (Lipinski definition) is 3. The van der Waals surface area contributed by atoms with E-state index in [2.05, 4.69) is 10.6 Å². The van der Waals surface area contributed by atoms with Gasteiger partial charge in [-0.25, -0.2) is 13.6 Å². The molecule has 7 heteroatoms. The van der Waals surface area contributed by atoms with Gasteiger partial charge in [0.15, 0.2) is 5.11 Å². The molecule has 1 atom stereocenters. The summed E-state index contributed by atoms with van der Waals surface area (Å²) in [7, 11) is -3.68. The van der Waals surface area contributed by atoms with Crippen molar-refractivity contribution < 1.29 is 8.42 Å². The van der Waals surface area contributed by atoms with Crippen molar-refractivity contribution in [2.24, 2.45) is 5.14 Å². The van der Waals surface area contributed by atoms with Crippen LogP contribution in [0.25, 0.3) is 0 Å². The maximum absolute atomic E-state index is 11.3. The van der Waals surface area contributed by atoms with Crippen LogP contribution in [-0.4, -0.2) is 13.5 Å². The highest BCUT2D eigenvalue weighted by molar-refractivity contribution is 7.89. The molecule has 0 saturated carbocycles. The third-order valence-electron chi connectivity index (χ3n) is 3.91. The van der Waals surface area contributed by atoms with E-state index in [1.54, 1.807) is 12.1 Å². The normalized spacial score (nSPS) is 12.5. The summed E-state index contributed by atoms with van der Waals surface area (Å²) in [6, 6.07) is 12.3. The van der Waals surface area contributed by atoms with Gasteiger partial charge in [-0.1, -0.05) is 24.3 Å². The average molecular weight is 364 g/mol. The Morgan fingerprint density at radius 3 is 2.33 bits per heavy atom. The van der Waals surface area contributed by atoms with E-state index < -0.39 is 10.0 Å². The van der Waals surface area contributed by atoms with E-state index >= 15 is 0 Å². The van der Waals surface area contributed by atoms with Crippen LogP contribution < -0.4 is 15.8 Å². The Bertz CT molecular complexity index is 847. The van der Waals surface area contributed by atoms with Crippen LogP contribution in [0.3, 0.4) is 0 Å². The van der Waals surface area contributed by atoms with Crippen LogP contribution >= 0.6 is 12.2 Å². The second-order valence-electron chi connectivity index (χ2n) is 5.68. The Morgan fingerprint density at radius 2 is 1.75 bits per heavy atom. The number of sulfonamides is 1. The van der Waals surface area contributed by atoms with Gasteiger partial charge in [0.05, 0.1) is 10.9 Å². The SMILES string of the molecule is Cc1cccc(NC(=S)N[C@@H](C)c2ccc(S(N)(=O)=O)cc2)c1C. The zero-order valence-electron chi connectivity index (χ0n) is 13.8. The standard InChI is InChI=1S/C17H21N3O2S2/c1-11-5-4-6-16(12(11)2)20-17(23)19-13(3)14-7-9-15(10-8-14)24(18,21)22/h4-10,13H,1-3H3,(H2,18,21,22)(H2,19,20,23)/t13-/m0/s1. The van der Waals surface area contributed by atoms with Crippen molar-refractivity contribution in [1.29, 1.82) is 0 Å². The molecule has 0 fully saturated rings. The van der Waals surface area contributed by atoms with E-state index in [1.165, 1.54) is 17.7 Å². The van der Waals surface area contributed by atoms with E-state index in [9.17, 15) is 8.42 Å². The van der Waals surface area contributed by atoms with Gasteiger partial charge in [0.1, 0.15) is 0 Å². The number of benzene rings is 2. The fourth-order valence-electron chi connectivity index (χ4n) is 2.27. The van der Waals surface area contributed by atoms with E-state index in [0.29, 0.717) is 5.11 Å². The number of anilines is 1. The first kappa shape index (κ1) is 18.4. The van der Waals surface area contributed by atoms with Crippen LogP contribution in [-0.2, 0) is 10.0 Å². The Balaban J connectivity index is 2.05. The molecule has 0 aromatic heterocycles. The summed E-state index contributed by atoms with van der Waals surface area (Å²) in [4.78, 5) is 0.0922. The number of aryl methyl sites for hydroxylation is 1. The molecule has 0 aliphatic heterocycles. The fraction of sp³-hybridized carbons (Fsp3) is 0.235. The molecule has 0 saturated heterocycles. The lowest BCUT2D eigenvalue weighted by atomic mass is 10.1. The van der Waals surface area contributed by atoms with Crippen molar-refractivity contribution in [3.8, 4) is 0 Å². The van der Waals surface area contributed by atoms with Crippen molar-refractivity contribution in [3.63, 3.8) is 0 Å². The van der Waals surface area contributed by atoms with Gasteiger partial charge in [0.25, 0.3) is 0 Å². The smallest absolute Gasteiger partial charge is 0.238 e. The summed E-state index contributed by atoms with van der Waals surface area (Å²) in [5.74, 6) is 0. The molecule has 0 bridgehead atoms. The van der Waals surface area contributed by atoms with Crippen LogP contribution in [0.15, 0.2) is 47.4 Å². The average Bonchev–Trinajstić information content (AvgIpc) is 2.51. The summed E-state index contributed by atoms with van der Waals surface area (Å²) in [5, 5.41) is 12.0. The molecule has 0 spiro atoms. The van der Waals surface area contributed by atoms with E-state index in [1.807, 2.05) is 39.0 Å². The van der Waals surface area contributed by atoms with Crippen LogP contribution in [0.2, 0.25) is 0 Å². The largest absolute Gasteiger partial charge is 0.356 e. The summed E-state index contributed by atoms with van der Waals surface area (Å²) >= 11 is 5.36. The minimum absolute atomic E-state index is 0.0790. The molecule has 128 valence electrons. The molecule has 4 N–H and O–H groups in total. The molecule has 2 aromatic carbocycles. The van der Waals surface area contributed by atoms with Crippen LogP contribution in [0, 0.1) is 13.8 Å². The molecule has 0 aliphatic carbocycles. The van der Waals surface area contributed by atoms with Crippen LogP contribution in [0.4, 0.5) is 5.69 Å². The van der Waals surface area contributed by atoms with E-state index in [-0.39, 0.29) is 10.9 Å². The second-order valence-corrected chi connectivity index (χ2v) is 7.65. The van der Waals surface area contributed by atoms with Gasteiger partial charge in [0, 0.05) is 5.69 Å². The van der Waals surface area contributed by atoms with Gasteiger partial charge < -0.3 is 10.6 Å². The lowest BCUT2D eigenvalue weighted by Gasteiger charge is -2.19. The highest BCUT2D eigenvalue weighted by atomic mass is 32.2. The molecular weight excluding hydrogens is 342 g/mol. The summed E-state index contributed by atoms with van der Waals surface area (Å²) in [5.41, 5.74) is 4.21. The Morgan fingerprint density at radius 1 is 1.12 bits per heavy atom. The summed E-state index contributed by atoms with van der Waals surface area (Å²) in [6.45, 7) is 6.03. The lowest BCUT2D eigenvalue weighted by molar-refractivity contribution is 0.597. The molecule has 0 heterocycles. The van der Waals surface area contributed by atoms with Gasteiger partial charge in [-0.05, 0) is 67.9 Å². The van der Waals surface area contributed by atoms with Crippen molar-refractivity contribution >= 4 is 33.0 Å². The zero-order valence-corrected chi connectivity index (χ0v) is 15.5. The number of hydrogen-bond acceptors (Lipinski definition) is 3. The third kappa shape index (κ3) is 4.53. The number of nitrogens with two attached hydrogens (primary N) is 1. The minimum atomic E-state index is -3.68. The Kier molecular flexibility index (Phi) is 5.58. The minimum Gasteiger partial charge on any atom is -0.356 e. The number of thiocarbonyl (C=S) groups is 1. The number of nitrogens with one attached hydrogen (secondary N) is 2. The highest BCUT2D eigenvalue weighted by Crippen LogP contribution is 2.19. The van der Waals surface area contributed by atoms with Gasteiger partial charge in [-0.15, -0.1) is 0 Å². The quantitative estimate of drug-likeness (QED) is 0.727. The van der Waals surface area contributed by atoms with Crippen molar-refractivity contribution in [3.05, 3.63) is 59.2 Å². The van der Waals surface area contributed by atoms with Crippen LogP contribution in [0.1, 0.15) is 29.7 Å². The predicted octanol–water partition coefficient (Wildman–Crippen LogP) is 3.00. The lowest BCUT2D eigenvalue weighted by Crippen LogP contribution is -2.31. The second kappa shape index (κ2) is 7.29. The molecule has 0 radical (unpaired) electrons. The highest BCUT2D eigenvalue weighted by Gasteiger charge is 2.11. The van der Waals surface area contributed by atoms with Gasteiger partial charge >= 0.3 is 0 Å². The van der Waals surface area contributed by atoms with Gasteiger partial charge in [0.2, 0.25) is 10.0 Å². The molecule has 0 unspecified atom stereocenters. The zero-order chi connectivity index (χ0) is 17.9. The molecule has 5 nitrogen and oxygen atoms in total. The fourth-order valence-corrected chi connectivity index (χ4v) is 3.07. The molecule has 2 rings (SSSR count). The Labute approximate surface area is 148 Å². The van der Waals surface area contributed by atoms with Crippen molar-refractivity contribution in [2.45, 2.75) is 31.7 Å². The maximum Gasteiger partial charge on any atom is 0.238 e. The predicted molar refractivity (Wildman–Crippen MR) is 102 cm³/mol. The molecule has 0 amide bonds. The Hall–Kier alpha value is -1.96. The van der Waals surface area contributed by atoms with Crippen LogP contribution in [0.5, 0.6) is 0 Å². The first-order chi connectivity index (χ1) is 11.2. The van der Waals surface area contributed by atoms with E-state index in [4.69, 9.17) is 17.4 Å². The van der Waals surface area contributed by atoms with E-state index in [0.717, 1.165) is 16.8 Å². The first-order valence-corrected chi connectivity index (χ1v) is 9.40. The van der Waals surface area contributed by atoms with Gasteiger partial charge in [-0.3, -0.25) is 0 Å². The van der Waals surface area contributed by atoms with Gasteiger partial charge in [-0.2, -0.15) is 0 Å². The first-order valence-electron chi connectivity index (χ1n) is 7.45. The monoisotopic (exact) mass is 363 g/mol. The molecule has 0 aliphatic rings. The molecule has 24 heavy (non-hydrogen) atoms. The van der Waals surface area contributed by atoms with Crippen molar-refractivity contribution in [2.75, 3.05) is 5.32 Å².